The molecular formula is C11H6ClIN2O3S. The first-order valence-electron chi connectivity index (χ1n) is 4.93. The second-order valence-corrected chi connectivity index (χ2v) is 5.95. The molecule has 1 heterocycles. The van der Waals surface area contributed by atoms with E-state index in [9.17, 15) is 9.59 Å². The molecule has 0 aliphatic carbocycles. The van der Waals surface area contributed by atoms with Crippen LogP contribution in [0.15, 0.2) is 39.2 Å². The summed E-state index contributed by atoms with van der Waals surface area (Å²) in [4.78, 5) is 29.6. The molecule has 19 heavy (non-hydrogen) atoms. The Morgan fingerprint density at radius 1 is 1.47 bits per heavy atom. The molecule has 0 amide bonds. The van der Waals surface area contributed by atoms with Crippen molar-refractivity contribution in [3.05, 3.63) is 49.0 Å². The van der Waals surface area contributed by atoms with Gasteiger partial charge in [0, 0.05) is 4.90 Å². The molecule has 0 saturated heterocycles. The molecule has 0 saturated carbocycles. The van der Waals surface area contributed by atoms with Crippen LogP contribution in [0.2, 0.25) is 5.02 Å². The van der Waals surface area contributed by atoms with E-state index >= 15 is 0 Å². The predicted octanol–water partition coefficient (Wildman–Crippen LogP) is 2.88. The summed E-state index contributed by atoms with van der Waals surface area (Å²) in [6.45, 7) is 0. The lowest BCUT2D eigenvalue weighted by Gasteiger charge is -2.04. The van der Waals surface area contributed by atoms with E-state index < -0.39 is 5.97 Å². The summed E-state index contributed by atoms with van der Waals surface area (Å²) in [6, 6.07) is 4.64. The standard InChI is InChI=1S/C11H6ClIN2O3S/c12-7-2-1-5(3-6(7)11(17)18)19-10-8(13)9(16)14-4-15-10/h1-4H,(H,17,18)(H,14,15,16). The summed E-state index contributed by atoms with van der Waals surface area (Å²) < 4.78 is 0.455. The fourth-order valence-electron chi connectivity index (χ4n) is 1.28. The summed E-state index contributed by atoms with van der Waals surface area (Å²) in [6.07, 6.45) is 1.31. The molecule has 0 atom stereocenters. The Labute approximate surface area is 130 Å². The zero-order valence-corrected chi connectivity index (χ0v) is 12.9. The number of nitrogens with one attached hydrogen (secondary N) is 1. The van der Waals surface area contributed by atoms with Crippen LogP contribution >= 0.6 is 46.0 Å². The van der Waals surface area contributed by atoms with E-state index in [1.54, 1.807) is 6.07 Å². The van der Waals surface area contributed by atoms with E-state index in [1.807, 2.05) is 22.6 Å². The van der Waals surface area contributed by atoms with Crippen LogP contribution in [-0.4, -0.2) is 21.0 Å². The van der Waals surface area contributed by atoms with Crippen LogP contribution in [0.4, 0.5) is 0 Å². The number of nitrogens with zero attached hydrogens (tertiary/aromatic N) is 1. The van der Waals surface area contributed by atoms with Crippen molar-refractivity contribution in [2.45, 2.75) is 9.92 Å². The van der Waals surface area contributed by atoms with E-state index in [-0.39, 0.29) is 16.1 Å². The SMILES string of the molecule is O=C(O)c1cc(Sc2nc[nH]c(=O)c2I)ccc1Cl. The van der Waals surface area contributed by atoms with Crippen molar-refractivity contribution in [3.8, 4) is 0 Å². The van der Waals surface area contributed by atoms with E-state index in [0.717, 1.165) is 0 Å². The molecule has 8 heteroatoms. The van der Waals surface area contributed by atoms with Crippen molar-refractivity contribution in [2.75, 3.05) is 0 Å². The molecule has 2 N–H and O–H groups in total. The van der Waals surface area contributed by atoms with Gasteiger partial charge in [-0.1, -0.05) is 23.4 Å². The lowest BCUT2D eigenvalue weighted by molar-refractivity contribution is 0.0697. The molecule has 5 nitrogen and oxygen atoms in total. The highest BCUT2D eigenvalue weighted by Gasteiger charge is 2.12. The molecule has 0 fully saturated rings. The van der Waals surface area contributed by atoms with Gasteiger partial charge in [0.25, 0.3) is 5.56 Å². The highest BCUT2D eigenvalue weighted by atomic mass is 127. The van der Waals surface area contributed by atoms with Gasteiger partial charge in [0.2, 0.25) is 0 Å². The van der Waals surface area contributed by atoms with Crippen molar-refractivity contribution in [1.82, 2.24) is 9.97 Å². The largest absolute Gasteiger partial charge is 0.478 e. The van der Waals surface area contributed by atoms with E-state index in [2.05, 4.69) is 9.97 Å². The van der Waals surface area contributed by atoms with Crippen LogP contribution in [0, 0.1) is 3.57 Å². The molecule has 0 aliphatic rings. The molecule has 98 valence electrons. The number of aromatic nitrogens is 2. The molecular weight excluding hydrogens is 403 g/mol. The maximum absolute atomic E-state index is 11.4. The van der Waals surface area contributed by atoms with Gasteiger partial charge in [0.15, 0.2) is 0 Å². The summed E-state index contributed by atoms with van der Waals surface area (Å²) in [7, 11) is 0. The van der Waals surface area contributed by atoms with Crippen LogP contribution < -0.4 is 5.56 Å². The number of halogens is 2. The van der Waals surface area contributed by atoms with Gasteiger partial charge in [-0.15, -0.1) is 0 Å². The molecule has 0 aliphatic heterocycles. The number of carboxylic acid groups (broad SMARTS) is 1. The maximum atomic E-state index is 11.4. The van der Waals surface area contributed by atoms with E-state index in [1.165, 1.54) is 30.2 Å². The number of carbonyl (C=O) groups is 1. The number of H-pyrrole nitrogens is 1. The Balaban J connectivity index is 2.39. The molecule has 1 aromatic carbocycles. The van der Waals surface area contributed by atoms with Crippen LogP contribution in [-0.2, 0) is 0 Å². The van der Waals surface area contributed by atoms with Crippen LogP contribution in [0.1, 0.15) is 10.4 Å². The maximum Gasteiger partial charge on any atom is 0.337 e. The first kappa shape index (κ1) is 14.4. The molecule has 0 radical (unpaired) electrons. The van der Waals surface area contributed by atoms with Gasteiger partial charge >= 0.3 is 5.97 Å². The number of hydrogen-bond donors (Lipinski definition) is 2. The van der Waals surface area contributed by atoms with Crippen LogP contribution in [0.5, 0.6) is 0 Å². The smallest absolute Gasteiger partial charge is 0.337 e. The van der Waals surface area contributed by atoms with Crippen molar-refractivity contribution in [2.24, 2.45) is 0 Å². The number of benzene rings is 1. The quantitative estimate of drug-likeness (QED) is 0.603. The number of hydrogen-bond acceptors (Lipinski definition) is 4. The summed E-state index contributed by atoms with van der Waals surface area (Å²) in [5.74, 6) is -1.10. The first-order chi connectivity index (χ1) is 8.99. The zero-order valence-electron chi connectivity index (χ0n) is 9.18. The summed E-state index contributed by atoms with van der Waals surface area (Å²) in [5.41, 5.74) is -0.211. The first-order valence-corrected chi connectivity index (χ1v) is 7.20. The minimum absolute atomic E-state index is 0.0199. The average molecular weight is 409 g/mol. The predicted molar refractivity (Wildman–Crippen MR) is 80.1 cm³/mol. The number of carboxylic acids is 1. The lowest BCUT2D eigenvalue weighted by atomic mass is 10.2. The van der Waals surface area contributed by atoms with Crippen LogP contribution in [0.3, 0.4) is 0 Å². The lowest BCUT2D eigenvalue weighted by Crippen LogP contribution is -2.11. The monoisotopic (exact) mass is 408 g/mol. The van der Waals surface area contributed by atoms with Crippen molar-refractivity contribution < 1.29 is 9.90 Å². The summed E-state index contributed by atoms with van der Waals surface area (Å²) >= 11 is 8.89. The van der Waals surface area contributed by atoms with E-state index in [4.69, 9.17) is 16.7 Å². The van der Waals surface area contributed by atoms with Gasteiger partial charge in [-0.2, -0.15) is 0 Å². The molecule has 0 bridgehead atoms. The minimum Gasteiger partial charge on any atom is -0.478 e. The third-order valence-electron chi connectivity index (χ3n) is 2.15. The second-order valence-electron chi connectivity index (χ2n) is 3.40. The van der Waals surface area contributed by atoms with Crippen molar-refractivity contribution >= 4 is 51.9 Å². The normalized spacial score (nSPS) is 10.4. The van der Waals surface area contributed by atoms with E-state index in [0.29, 0.717) is 13.5 Å². The minimum atomic E-state index is -1.10. The molecule has 1 aromatic heterocycles. The Kier molecular flexibility index (Phi) is 4.48. The highest BCUT2D eigenvalue weighted by molar-refractivity contribution is 14.1. The third kappa shape index (κ3) is 3.28. The van der Waals surface area contributed by atoms with Gasteiger partial charge in [-0.25, -0.2) is 9.78 Å². The fraction of sp³-hybridized carbons (Fsp3) is 0. The van der Waals surface area contributed by atoms with Gasteiger partial charge in [0.05, 0.1) is 16.9 Å². The second kappa shape index (κ2) is 5.93. The molecule has 0 spiro atoms. The van der Waals surface area contributed by atoms with Gasteiger partial charge in [-0.3, -0.25) is 4.79 Å². The van der Waals surface area contributed by atoms with Gasteiger partial charge < -0.3 is 10.1 Å². The summed E-state index contributed by atoms with van der Waals surface area (Å²) in [5, 5.41) is 9.68. The Morgan fingerprint density at radius 3 is 2.89 bits per heavy atom. The fourth-order valence-corrected chi connectivity index (χ4v) is 2.93. The number of rotatable bonds is 3. The van der Waals surface area contributed by atoms with Crippen molar-refractivity contribution in [3.63, 3.8) is 0 Å². The molecule has 0 unspecified atom stereocenters. The van der Waals surface area contributed by atoms with Gasteiger partial charge in [0.1, 0.15) is 8.60 Å². The Bertz CT molecular complexity index is 705. The Hall–Kier alpha value is -1.06. The van der Waals surface area contributed by atoms with Crippen molar-refractivity contribution in [1.29, 1.82) is 0 Å². The number of aromatic amines is 1. The Morgan fingerprint density at radius 2 is 2.21 bits per heavy atom. The molecule has 2 rings (SSSR count). The number of aromatic carboxylic acids is 1. The van der Waals surface area contributed by atoms with Crippen LogP contribution in [0.25, 0.3) is 0 Å². The van der Waals surface area contributed by atoms with Gasteiger partial charge in [-0.05, 0) is 40.8 Å². The zero-order chi connectivity index (χ0) is 14.0. The topological polar surface area (TPSA) is 83.0 Å². The average Bonchev–Trinajstić information content (AvgIpc) is 2.37. The highest BCUT2D eigenvalue weighted by Crippen LogP contribution is 2.30. The third-order valence-corrected chi connectivity index (χ3v) is 4.84. The molecule has 2 aromatic rings.